The van der Waals surface area contributed by atoms with Gasteiger partial charge < -0.3 is 24.6 Å². The van der Waals surface area contributed by atoms with E-state index in [0.29, 0.717) is 34.1 Å². The minimum Gasteiger partial charge on any atom is -0.508 e. The lowest BCUT2D eigenvalue weighted by molar-refractivity contribution is -0.129. The molecule has 1 aromatic heterocycles. The molecular weight excluding hydrogens is 468 g/mol. The normalized spacial score (nSPS) is 15.6. The highest BCUT2D eigenvalue weighted by Gasteiger charge is 2.44. The van der Waals surface area contributed by atoms with Crippen LogP contribution in [0.2, 0.25) is 0 Å². The summed E-state index contributed by atoms with van der Waals surface area (Å²) in [6, 6.07) is 11.0. The van der Waals surface area contributed by atoms with E-state index in [0.717, 1.165) is 10.6 Å². The lowest BCUT2D eigenvalue weighted by Crippen LogP contribution is -2.33. The van der Waals surface area contributed by atoms with Crippen LogP contribution in [0.3, 0.4) is 0 Å². The number of thiazole rings is 1. The van der Waals surface area contributed by atoms with Crippen molar-refractivity contribution in [1.29, 1.82) is 0 Å². The molecule has 0 radical (unpaired) electrons. The van der Waals surface area contributed by atoms with Crippen LogP contribution in [-0.2, 0) is 11.2 Å². The molecule has 1 aliphatic rings. The number of methoxy groups -OCH3 is 2. The highest BCUT2D eigenvalue weighted by Crippen LogP contribution is 2.40. The Morgan fingerprint density at radius 2 is 1.74 bits per heavy atom. The van der Waals surface area contributed by atoms with E-state index in [2.05, 4.69) is 4.98 Å². The number of benzene rings is 2. The number of aromatic nitrogens is 1. The lowest BCUT2D eigenvalue weighted by atomic mass is 9.94. The van der Waals surface area contributed by atoms with Crippen LogP contribution in [0.25, 0.3) is 0 Å². The molecule has 0 bridgehead atoms. The predicted molar refractivity (Wildman–Crippen MR) is 131 cm³/mol. The minimum atomic E-state index is -0.808. The van der Waals surface area contributed by atoms with Crippen molar-refractivity contribution in [2.24, 2.45) is 0 Å². The van der Waals surface area contributed by atoms with E-state index in [4.69, 9.17) is 9.47 Å². The average Bonchev–Trinajstić information content (AvgIpc) is 3.32. The molecule has 8 nitrogen and oxygen atoms in total. The number of hydrogen-bond donors (Lipinski definition) is 2. The van der Waals surface area contributed by atoms with E-state index < -0.39 is 23.5 Å². The topological polar surface area (TPSA) is 109 Å². The smallest absolute Gasteiger partial charge is 0.290 e. The number of ether oxygens (including phenoxy) is 2. The molecular formula is C26H26N2O6S. The standard InChI is InChI=1S/C26H26N2O6S/c1-14-25(35-15(2)27-14)23(30)21-22(17-6-8-18(29)9-7-17)28(26(32)24(21)31)12-11-16-5-10-19(33-3)20(13-16)34-4/h5-10,13,22,29,31H,11-12H2,1-4H3. The molecule has 3 aromatic rings. The number of phenols is 1. The third-order valence-electron chi connectivity index (χ3n) is 5.96. The summed E-state index contributed by atoms with van der Waals surface area (Å²) in [6.07, 6.45) is 0.453. The zero-order valence-electron chi connectivity index (χ0n) is 19.9. The van der Waals surface area contributed by atoms with Gasteiger partial charge in [0, 0.05) is 6.54 Å². The van der Waals surface area contributed by atoms with Crippen LogP contribution in [0.1, 0.15) is 37.5 Å². The van der Waals surface area contributed by atoms with Gasteiger partial charge in [0.05, 0.1) is 41.4 Å². The number of nitrogens with zero attached hydrogens (tertiary/aromatic N) is 2. The number of carbonyl (C=O) groups is 2. The van der Waals surface area contributed by atoms with Crippen LogP contribution in [0.5, 0.6) is 17.2 Å². The number of amides is 1. The third kappa shape index (κ3) is 4.59. The van der Waals surface area contributed by atoms with E-state index in [1.807, 2.05) is 12.1 Å². The van der Waals surface area contributed by atoms with E-state index in [9.17, 15) is 19.8 Å². The van der Waals surface area contributed by atoms with Gasteiger partial charge in [-0.15, -0.1) is 11.3 Å². The molecule has 2 N–H and O–H groups in total. The average molecular weight is 495 g/mol. The summed E-state index contributed by atoms with van der Waals surface area (Å²) in [5.74, 6) is -0.383. The number of Topliss-reactive ketones (excluding diaryl/α,β-unsaturated/α-hetero) is 1. The van der Waals surface area contributed by atoms with E-state index in [-0.39, 0.29) is 17.9 Å². The summed E-state index contributed by atoms with van der Waals surface area (Å²) in [5, 5.41) is 21.3. The maximum Gasteiger partial charge on any atom is 0.290 e. The summed E-state index contributed by atoms with van der Waals surface area (Å²) < 4.78 is 10.7. The van der Waals surface area contributed by atoms with Crippen LogP contribution >= 0.6 is 11.3 Å². The maximum atomic E-state index is 13.6. The largest absolute Gasteiger partial charge is 0.508 e. The van der Waals surface area contributed by atoms with Crippen LogP contribution in [0, 0.1) is 13.8 Å². The molecule has 0 spiro atoms. The number of carbonyl (C=O) groups excluding carboxylic acids is 2. The van der Waals surface area contributed by atoms with Gasteiger partial charge in [-0.2, -0.15) is 0 Å². The van der Waals surface area contributed by atoms with Gasteiger partial charge in [0.25, 0.3) is 5.91 Å². The minimum absolute atomic E-state index is 0.0137. The lowest BCUT2D eigenvalue weighted by Gasteiger charge is -2.27. The molecule has 35 heavy (non-hydrogen) atoms. The molecule has 9 heteroatoms. The Balaban J connectivity index is 1.70. The van der Waals surface area contributed by atoms with E-state index in [1.54, 1.807) is 46.3 Å². The molecule has 0 aliphatic carbocycles. The molecule has 2 heterocycles. The molecule has 2 aromatic carbocycles. The quantitative estimate of drug-likeness (QED) is 0.449. The van der Waals surface area contributed by atoms with Crippen molar-refractivity contribution in [2.75, 3.05) is 20.8 Å². The SMILES string of the molecule is COc1ccc(CCN2C(=O)C(O)=C(C(=O)c3sc(C)nc3C)C2c2ccc(O)cc2)cc1OC. The molecule has 1 amide bonds. The Morgan fingerprint density at radius 1 is 1.06 bits per heavy atom. The second-order valence-electron chi connectivity index (χ2n) is 8.17. The van der Waals surface area contributed by atoms with Crippen molar-refractivity contribution in [3.05, 3.63) is 80.5 Å². The summed E-state index contributed by atoms with van der Waals surface area (Å²) in [6.45, 7) is 3.77. The van der Waals surface area contributed by atoms with Crippen LogP contribution < -0.4 is 9.47 Å². The number of ketones is 1. The number of phenolic OH excluding ortho intramolecular Hbond substituents is 1. The summed E-state index contributed by atoms with van der Waals surface area (Å²) in [4.78, 5) is 32.9. The Hall–Kier alpha value is -3.85. The number of hydrogen-bond acceptors (Lipinski definition) is 8. The van der Waals surface area contributed by atoms with Crippen molar-refractivity contribution in [3.8, 4) is 17.2 Å². The molecule has 0 fully saturated rings. The predicted octanol–water partition coefficient (Wildman–Crippen LogP) is 4.30. The van der Waals surface area contributed by atoms with Crippen molar-refractivity contribution in [1.82, 2.24) is 9.88 Å². The highest BCUT2D eigenvalue weighted by molar-refractivity contribution is 7.14. The fourth-order valence-electron chi connectivity index (χ4n) is 4.27. The van der Waals surface area contributed by atoms with Gasteiger partial charge in [0.2, 0.25) is 5.78 Å². The number of aryl methyl sites for hydroxylation is 2. The third-order valence-corrected chi connectivity index (χ3v) is 7.03. The Labute approximate surface area is 207 Å². The first-order chi connectivity index (χ1) is 16.7. The van der Waals surface area contributed by atoms with Crippen LogP contribution in [0.15, 0.2) is 53.8 Å². The van der Waals surface area contributed by atoms with Crippen molar-refractivity contribution < 1.29 is 29.3 Å². The first-order valence-corrected chi connectivity index (χ1v) is 11.8. The molecule has 1 aliphatic heterocycles. The van der Waals surface area contributed by atoms with Gasteiger partial charge in [-0.3, -0.25) is 9.59 Å². The van der Waals surface area contributed by atoms with Crippen molar-refractivity contribution >= 4 is 23.0 Å². The maximum absolute atomic E-state index is 13.6. The van der Waals surface area contributed by atoms with Crippen LogP contribution in [-0.4, -0.2) is 52.6 Å². The van der Waals surface area contributed by atoms with Gasteiger partial charge in [-0.1, -0.05) is 18.2 Å². The van der Waals surface area contributed by atoms with Crippen LogP contribution in [0.4, 0.5) is 0 Å². The number of aliphatic hydroxyl groups is 1. The number of rotatable bonds is 8. The van der Waals surface area contributed by atoms with Crippen molar-refractivity contribution in [2.45, 2.75) is 26.3 Å². The Bertz CT molecular complexity index is 1310. The van der Waals surface area contributed by atoms with Gasteiger partial charge >= 0.3 is 0 Å². The fraction of sp³-hybridized carbons (Fsp3) is 0.269. The highest BCUT2D eigenvalue weighted by atomic mass is 32.1. The fourth-order valence-corrected chi connectivity index (χ4v) is 5.14. The molecule has 4 rings (SSSR count). The Morgan fingerprint density at radius 3 is 2.34 bits per heavy atom. The van der Waals surface area contributed by atoms with E-state index in [1.165, 1.54) is 28.4 Å². The zero-order chi connectivity index (χ0) is 25.3. The van der Waals surface area contributed by atoms with Gasteiger partial charge in [0.1, 0.15) is 5.75 Å². The number of aliphatic hydroxyl groups excluding tert-OH is 1. The van der Waals surface area contributed by atoms with Gasteiger partial charge in [-0.05, 0) is 55.7 Å². The first-order valence-electron chi connectivity index (χ1n) is 11.0. The second-order valence-corrected chi connectivity index (χ2v) is 9.37. The van der Waals surface area contributed by atoms with Gasteiger partial charge in [-0.25, -0.2) is 4.98 Å². The molecule has 1 atom stereocenters. The Kier molecular flexibility index (Phi) is 6.79. The monoisotopic (exact) mass is 494 g/mol. The summed E-state index contributed by atoms with van der Waals surface area (Å²) in [5.41, 5.74) is 2.07. The zero-order valence-corrected chi connectivity index (χ0v) is 20.7. The molecule has 1 unspecified atom stereocenters. The summed E-state index contributed by atoms with van der Waals surface area (Å²) in [7, 11) is 3.11. The van der Waals surface area contributed by atoms with Crippen molar-refractivity contribution in [3.63, 3.8) is 0 Å². The number of aromatic hydroxyl groups is 1. The van der Waals surface area contributed by atoms with E-state index >= 15 is 0 Å². The summed E-state index contributed by atoms with van der Waals surface area (Å²) >= 11 is 1.23. The van der Waals surface area contributed by atoms with Gasteiger partial charge in [0.15, 0.2) is 17.3 Å². The molecule has 182 valence electrons. The first kappa shape index (κ1) is 24.3. The second kappa shape index (κ2) is 9.79. The molecule has 0 saturated heterocycles. The molecule has 0 saturated carbocycles.